The van der Waals surface area contributed by atoms with E-state index < -0.39 is 45.3 Å². The van der Waals surface area contributed by atoms with Gasteiger partial charge in [-0.05, 0) is 50.3 Å². The Morgan fingerprint density at radius 3 is 2.20 bits per heavy atom. The molecule has 1 aromatic rings. The summed E-state index contributed by atoms with van der Waals surface area (Å²) in [6.45, 7) is 5.01. The Morgan fingerprint density at radius 1 is 1.07 bits per heavy atom. The third-order valence-electron chi connectivity index (χ3n) is 7.70. The molecule has 9 nitrogen and oxygen atoms in total. The SMILES string of the molecule is C[C@@H](CC(=O)CC(C)(C)O)C(=O)N[C@@H](Cc1ccc(S(C)(=O)=O)cc1)C(=O)C[C@@H](CC1CCCC1)C(=O)[C@H]1CO1. The van der Waals surface area contributed by atoms with Crippen LogP contribution in [0.4, 0.5) is 0 Å². The first kappa shape index (κ1) is 32.1. The van der Waals surface area contributed by atoms with E-state index in [0.29, 0.717) is 24.5 Å². The molecule has 1 saturated heterocycles. The van der Waals surface area contributed by atoms with E-state index in [9.17, 15) is 32.7 Å². The Morgan fingerprint density at radius 2 is 1.68 bits per heavy atom. The topological polar surface area (TPSA) is 147 Å². The highest BCUT2D eigenvalue weighted by Gasteiger charge is 2.39. The first-order valence-electron chi connectivity index (χ1n) is 14.1. The summed E-state index contributed by atoms with van der Waals surface area (Å²) in [7, 11) is -3.39. The van der Waals surface area contributed by atoms with Crippen LogP contribution < -0.4 is 5.32 Å². The van der Waals surface area contributed by atoms with E-state index in [1.54, 1.807) is 19.1 Å². The largest absolute Gasteiger partial charge is 0.390 e. The average Bonchev–Trinajstić information content (AvgIpc) is 3.57. The van der Waals surface area contributed by atoms with Crippen molar-refractivity contribution >= 4 is 33.1 Å². The summed E-state index contributed by atoms with van der Waals surface area (Å²) < 4.78 is 29.0. The van der Waals surface area contributed by atoms with Crippen LogP contribution in [0.25, 0.3) is 0 Å². The van der Waals surface area contributed by atoms with Crippen molar-refractivity contribution in [3.8, 4) is 0 Å². The molecule has 222 valence electrons. The van der Waals surface area contributed by atoms with Gasteiger partial charge in [0.2, 0.25) is 5.91 Å². The molecule has 1 heterocycles. The van der Waals surface area contributed by atoms with Crippen LogP contribution in [-0.2, 0) is 40.2 Å². The van der Waals surface area contributed by atoms with Crippen LogP contribution in [0, 0.1) is 17.8 Å². The molecule has 2 aliphatic rings. The van der Waals surface area contributed by atoms with E-state index in [-0.39, 0.29) is 47.9 Å². The predicted octanol–water partition coefficient (Wildman–Crippen LogP) is 3.00. The number of nitrogens with one attached hydrogen (secondary N) is 1. The number of rotatable bonds is 16. The first-order chi connectivity index (χ1) is 18.6. The molecule has 2 fully saturated rings. The van der Waals surface area contributed by atoms with Crippen LogP contribution in [0.1, 0.15) is 77.7 Å². The maximum atomic E-state index is 13.7. The summed E-state index contributed by atoms with van der Waals surface area (Å²) in [5, 5.41) is 12.7. The van der Waals surface area contributed by atoms with Crippen LogP contribution in [0.2, 0.25) is 0 Å². The molecule has 40 heavy (non-hydrogen) atoms. The Balaban J connectivity index is 1.76. The van der Waals surface area contributed by atoms with Crippen molar-refractivity contribution in [2.75, 3.05) is 12.9 Å². The van der Waals surface area contributed by atoms with Gasteiger partial charge in [-0.25, -0.2) is 8.42 Å². The second-order valence-electron chi connectivity index (χ2n) is 12.3. The van der Waals surface area contributed by atoms with E-state index in [1.807, 2.05) is 0 Å². The number of sulfone groups is 1. The van der Waals surface area contributed by atoms with Gasteiger partial charge < -0.3 is 15.2 Å². The van der Waals surface area contributed by atoms with Crippen LogP contribution in [0.15, 0.2) is 29.2 Å². The van der Waals surface area contributed by atoms with E-state index in [4.69, 9.17) is 4.74 Å². The molecule has 0 unspecified atom stereocenters. The number of Topliss-reactive ketones (excluding diaryl/α,β-unsaturated/α-hetero) is 3. The fourth-order valence-corrected chi connectivity index (χ4v) is 6.10. The normalized spacial score (nSPS) is 20.0. The summed E-state index contributed by atoms with van der Waals surface area (Å²) in [5.74, 6) is -1.91. The zero-order valence-electron chi connectivity index (χ0n) is 24.0. The fraction of sp³-hybridized carbons (Fsp3) is 0.667. The molecule has 0 radical (unpaired) electrons. The molecule has 10 heteroatoms. The van der Waals surface area contributed by atoms with Gasteiger partial charge >= 0.3 is 0 Å². The predicted molar refractivity (Wildman–Crippen MR) is 149 cm³/mol. The zero-order chi connectivity index (χ0) is 29.7. The lowest BCUT2D eigenvalue weighted by molar-refractivity contribution is -0.134. The molecule has 0 aromatic heterocycles. The van der Waals surface area contributed by atoms with Crippen molar-refractivity contribution in [1.82, 2.24) is 5.32 Å². The number of ketones is 3. The minimum atomic E-state index is -3.39. The second kappa shape index (κ2) is 13.5. The number of carbonyl (C=O) groups is 4. The second-order valence-corrected chi connectivity index (χ2v) is 14.3. The van der Waals surface area contributed by atoms with Crippen molar-refractivity contribution in [2.24, 2.45) is 17.8 Å². The van der Waals surface area contributed by atoms with E-state index in [2.05, 4.69) is 5.32 Å². The van der Waals surface area contributed by atoms with Gasteiger partial charge in [-0.15, -0.1) is 0 Å². The Kier molecular flexibility index (Phi) is 10.8. The molecule has 1 saturated carbocycles. The van der Waals surface area contributed by atoms with E-state index >= 15 is 0 Å². The van der Waals surface area contributed by atoms with E-state index in [1.165, 1.54) is 26.0 Å². The van der Waals surface area contributed by atoms with Crippen molar-refractivity contribution < 1.29 is 37.4 Å². The monoisotopic (exact) mass is 577 g/mol. The maximum absolute atomic E-state index is 13.7. The van der Waals surface area contributed by atoms with Crippen molar-refractivity contribution in [3.05, 3.63) is 29.8 Å². The molecule has 1 aliphatic heterocycles. The quantitative estimate of drug-likeness (QED) is 0.285. The van der Waals surface area contributed by atoms with E-state index in [0.717, 1.165) is 31.9 Å². The highest BCUT2D eigenvalue weighted by atomic mass is 32.2. The van der Waals surface area contributed by atoms with Crippen LogP contribution in [-0.4, -0.2) is 67.4 Å². The van der Waals surface area contributed by atoms with Gasteiger partial charge in [-0.2, -0.15) is 0 Å². The van der Waals surface area contributed by atoms with Gasteiger partial charge in [-0.3, -0.25) is 19.2 Å². The van der Waals surface area contributed by atoms with Gasteiger partial charge in [-0.1, -0.05) is 44.7 Å². The summed E-state index contributed by atoms with van der Waals surface area (Å²) in [6, 6.07) is 5.19. The highest BCUT2D eigenvalue weighted by molar-refractivity contribution is 7.90. The lowest BCUT2D eigenvalue weighted by Gasteiger charge is -2.24. The summed E-state index contributed by atoms with van der Waals surface area (Å²) in [5.41, 5.74) is -0.531. The van der Waals surface area contributed by atoms with Gasteiger partial charge in [0.25, 0.3) is 0 Å². The summed E-state index contributed by atoms with van der Waals surface area (Å²) in [6.07, 6.45) is 5.50. The summed E-state index contributed by atoms with van der Waals surface area (Å²) >= 11 is 0. The number of aliphatic hydroxyl groups is 1. The molecule has 2 N–H and O–H groups in total. The molecule has 0 bridgehead atoms. The summed E-state index contributed by atoms with van der Waals surface area (Å²) in [4.78, 5) is 52.3. The Hall–Kier alpha value is -2.43. The number of benzene rings is 1. The lowest BCUT2D eigenvalue weighted by atomic mass is 9.83. The Labute approximate surface area is 237 Å². The lowest BCUT2D eigenvalue weighted by Crippen LogP contribution is -2.46. The Bertz CT molecular complexity index is 1180. The van der Waals surface area contributed by atoms with Crippen molar-refractivity contribution in [2.45, 2.75) is 101 Å². The standard InChI is InChI=1S/C30H43NO8S/c1-19(13-23(32)17-30(2,3)36)29(35)31-25(15-21-9-11-24(12-10-21)40(4,37)38)26(33)16-22(28(34)27-18-39-27)14-20-7-5-6-8-20/h9-12,19-20,22,25,27,36H,5-8,13-18H2,1-4H3,(H,31,35)/t19-,22+,25-,27+/m0/s1. The number of hydrogen-bond acceptors (Lipinski definition) is 8. The third kappa shape index (κ3) is 10.2. The molecular weight excluding hydrogens is 534 g/mol. The number of ether oxygens (including phenoxy) is 1. The minimum Gasteiger partial charge on any atom is -0.390 e. The molecule has 0 spiro atoms. The van der Waals surface area contributed by atoms with Gasteiger partial charge in [0.15, 0.2) is 21.4 Å². The molecule has 1 aliphatic carbocycles. The van der Waals surface area contributed by atoms with Crippen LogP contribution in [0.3, 0.4) is 0 Å². The number of epoxide rings is 1. The molecular formula is C30H43NO8S. The van der Waals surface area contributed by atoms with Gasteiger partial charge in [0.1, 0.15) is 11.9 Å². The zero-order valence-corrected chi connectivity index (χ0v) is 24.8. The molecule has 3 rings (SSSR count). The van der Waals surface area contributed by atoms with Gasteiger partial charge in [0.05, 0.1) is 23.1 Å². The number of hydrogen-bond donors (Lipinski definition) is 2. The molecule has 4 atom stereocenters. The van der Waals surface area contributed by atoms with Crippen LogP contribution >= 0.6 is 0 Å². The van der Waals surface area contributed by atoms with Crippen molar-refractivity contribution in [1.29, 1.82) is 0 Å². The highest BCUT2D eigenvalue weighted by Crippen LogP contribution is 2.34. The smallest absolute Gasteiger partial charge is 0.223 e. The fourth-order valence-electron chi connectivity index (χ4n) is 5.47. The number of amides is 1. The number of carbonyl (C=O) groups excluding carboxylic acids is 4. The van der Waals surface area contributed by atoms with Crippen molar-refractivity contribution in [3.63, 3.8) is 0 Å². The molecule has 1 aromatic carbocycles. The first-order valence-corrected chi connectivity index (χ1v) is 16.0. The maximum Gasteiger partial charge on any atom is 0.223 e. The minimum absolute atomic E-state index is 0.0203. The van der Waals surface area contributed by atoms with Crippen LogP contribution in [0.5, 0.6) is 0 Å². The average molecular weight is 578 g/mol. The molecule has 1 amide bonds. The third-order valence-corrected chi connectivity index (χ3v) is 8.83. The van der Waals surface area contributed by atoms with Gasteiger partial charge in [0, 0.05) is 37.4 Å².